The molecule has 3 aromatic carbocycles. The van der Waals surface area contributed by atoms with E-state index in [0.717, 1.165) is 47.5 Å². The Hall–Kier alpha value is -4.05. The number of nitrogens with one attached hydrogen (secondary N) is 1. The highest BCUT2D eigenvalue weighted by Crippen LogP contribution is 2.27. The van der Waals surface area contributed by atoms with Crippen LogP contribution in [0, 0.1) is 6.92 Å². The van der Waals surface area contributed by atoms with E-state index in [1.807, 2.05) is 45.0 Å². The maximum Gasteiger partial charge on any atom is 0.264 e. The van der Waals surface area contributed by atoms with Gasteiger partial charge in [0.1, 0.15) is 24.1 Å². The van der Waals surface area contributed by atoms with E-state index in [4.69, 9.17) is 9.47 Å². The minimum absolute atomic E-state index is 0.0307. The fourth-order valence-electron chi connectivity index (χ4n) is 5.63. The molecule has 242 valence electrons. The molecule has 0 saturated heterocycles. The van der Waals surface area contributed by atoms with Crippen LogP contribution in [0.1, 0.15) is 63.5 Å². The fraction of sp³-hybridized carbons (Fsp3) is 0.429. The van der Waals surface area contributed by atoms with Crippen molar-refractivity contribution in [2.24, 2.45) is 0 Å². The topological polar surface area (TPSA) is 105 Å². The molecule has 1 fully saturated rings. The molecule has 1 aliphatic carbocycles. The molecule has 1 aliphatic rings. The van der Waals surface area contributed by atoms with Gasteiger partial charge in [0, 0.05) is 12.6 Å². The van der Waals surface area contributed by atoms with E-state index >= 15 is 0 Å². The molecule has 0 unspecified atom stereocenters. The summed E-state index contributed by atoms with van der Waals surface area (Å²) >= 11 is 0. The predicted octanol–water partition coefficient (Wildman–Crippen LogP) is 5.85. The van der Waals surface area contributed by atoms with Crippen molar-refractivity contribution in [1.29, 1.82) is 0 Å². The summed E-state index contributed by atoms with van der Waals surface area (Å²) < 4.78 is 40.2. The molecule has 9 nitrogen and oxygen atoms in total. The third-order valence-electron chi connectivity index (χ3n) is 8.17. The first-order valence-corrected chi connectivity index (χ1v) is 17.1. The van der Waals surface area contributed by atoms with Gasteiger partial charge in [0.15, 0.2) is 0 Å². The Bertz CT molecular complexity index is 1500. The first-order chi connectivity index (χ1) is 21.7. The summed E-state index contributed by atoms with van der Waals surface area (Å²) in [7, 11) is -2.59. The van der Waals surface area contributed by atoms with E-state index < -0.39 is 28.5 Å². The van der Waals surface area contributed by atoms with E-state index in [-0.39, 0.29) is 23.4 Å². The number of rotatable bonds is 14. The number of carbonyl (C=O) groups excluding carboxylic acids is 2. The molecule has 4 rings (SSSR count). The molecule has 0 spiro atoms. The van der Waals surface area contributed by atoms with Crippen LogP contribution in [-0.2, 0) is 26.2 Å². The van der Waals surface area contributed by atoms with E-state index in [1.165, 1.54) is 17.0 Å². The van der Waals surface area contributed by atoms with Crippen molar-refractivity contribution in [3.8, 4) is 11.5 Å². The average Bonchev–Trinajstić information content (AvgIpc) is 3.05. The normalized spacial score (nSPS) is 14.3. The Morgan fingerprint density at radius 3 is 2.09 bits per heavy atom. The molecule has 0 radical (unpaired) electrons. The quantitative estimate of drug-likeness (QED) is 0.238. The van der Waals surface area contributed by atoms with Crippen LogP contribution < -0.4 is 19.1 Å². The van der Waals surface area contributed by atoms with Crippen molar-refractivity contribution in [2.75, 3.05) is 24.6 Å². The van der Waals surface area contributed by atoms with Gasteiger partial charge < -0.3 is 19.7 Å². The van der Waals surface area contributed by atoms with Crippen LogP contribution in [0.3, 0.4) is 0 Å². The molecule has 0 heterocycles. The van der Waals surface area contributed by atoms with Crippen LogP contribution in [0.5, 0.6) is 11.5 Å². The molecule has 1 saturated carbocycles. The maximum absolute atomic E-state index is 14.3. The molecule has 45 heavy (non-hydrogen) atoms. The van der Waals surface area contributed by atoms with E-state index in [2.05, 4.69) is 5.32 Å². The number of carbonyl (C=O) groups is 2. The van der Waals surface area contributed by atoms with Crippen molar-refractivity contribution < 1.29 is 27.5 Å². The van der Waals surface area contributed by atoms with Gasteiger partial charge in [-0.05, 0) is 87.2 Å². The zero-order valence-electron chi connectivity index (χ0n) is 26.7. The number of sulfonamides is 1. The number of ether oxygens (including phenoxy) is 2. The Morgan fingerprint density at radius 1 is 0.889 bits per heavy atom. The second-order valence-electron chi connectivity index (χ2n) is 11.4. The summed E-state index contributed by atoms with van der Waals surface area (Å²) in [5.74, 6) is 0.523. The molecule has 0 bridgehead atoms. The smallest absolute Gasteiger partial charge is 0.264 e. The molecule has 0 aliphatic heterocycles. The molecule has 1 atom stereocenters. The van der Waals surface area contributed by atoms with Crippen molar-refractivity contribution in [3.63, 3.8) is 0 Å². The summed E-state index contributed by atoms with van der Waals surface area (Å²) in [6.45, 7) is 5.73. The second-order valence-corrected chi connectivity index (χ2v) is 13.3. The SMILES string of the molecule is CCOc1ccc(S(=O)(=O)N(CC(=O)N(Cc2ccc(OC)cc2)[C@@H](CC)C(=O)NC2CCCCC2)c2ccc(C)cc2)cc1. The first-order valence-electron chi connectivity index (χ1n) is 15.7. The van der Waals surface area contributed by atoms with Gasteiger partial charge in [-0.2, -0.15) is 0 Å². The third kappa shape index (κ3) is 8.78. The number of anilines is 1. The Balaban J connectivity index is 1.69. The van der Waals surface area contributed by atoms with Gasteiger partial charge in [-0.1, -0.05) is 56.0 Å². The fourth-order valence-corrected chi connectivity index (χ4v) is 7.05. The predicted molar refractivity (Wildman–Crippen MR) is 176 cm³/mol. The lowest BCUT2D eigenvalue weighted by Gasteiger charge is -2.34. The summed E-state index contributed by atoms with van der Waals surface area (Å²) in [4.78, 5) is 29.6. The first kappa shape index (κ1) is 33.8. The number of nitrogens with zero attached hydrogens (tertiary/aromatic N) is 2. The van der Waals surface area contributed by atoms with Crippen molar-refractivity contribution in [1.82, 2.24) is 10.2 Å². The molecular formula is C35H45N3O6S. The molecule has 2 amide bonds. The van der Waals surface area contributed by atoms with Gasteiger partial charge in [-0.25, -0.2) is 8.42 Å². The second kappa shape index (κ2) is 15.8. The lowest BCUT2D eigenvalue weighted by Crippen LogP contribution is -2.54. The lowest BCUT2D eigenvalue weighted by molar-refractivity contribution is -0.140. The maximum atomic E-state index is 14.3. The Labute approximate surface area is 267 Å². The van der Waals surface area contributed by atoms with Gasteiger partial charge in [-0.15, -0.1) is 0 Å². The van der Waals surface area contributed by atoms with Gasteiger partial charge in [-0.3, -0.25) is 13.9 Å². The summed E-state index contributed by atoms with van der Waals surface area (Å²) in [5, 5.41) is 3.18. The van der Waals surface area contributed by atoms with Gasteiger partial charge in [0.25, 0.3) is 10.0 Å². The Morgan fingerprint density at radius 2 is 1.51 bits per heavy atom. The largest absolute Gasteiger partial charge is 0.497 e. The molecule has 1 N–H and O–H groups in total. The Kier molecular flexibility index (Phi) is 11.9. The number of amides is 2. The van der Waals surface area contributed by atoms with Crippen LogP contribution in [0.4, 0.5) is 5.69 Å². The zero-order valence-corrected chi connectivity index (χ0v) is 27.5. The van der Waals surface area contributed by atoms with E-state index in [9.17, 15) is 18.0 Å². The molecular weight excluding hydrogens is 590 g/mol. The number of benzene rings is 3. The van der Waals surface area contributed by atoms with Gasteiger partial charge >= 0.3 is 0 Å². The van der Waals surface area contributed by atoms with Crippen LogP contribution in [0.25, 0.3) is 0 Å². The molecule has 0 aromatic heterocycles. The summed E-state index contributed by atoms with van der Waals surface area (Å²) in [6.07, 6.45) is 5.47. The van der Waals surface area contributed by atoms with Crippen molar-refractivity contribution in [3.05, 3.63) is 83.9 Å². The number of hydrogen-bond acceptors (Lipinski definition) is 6. The minimum Gasteiger partial charge on any atom is -0.497 e. The van der Waals surface area contributed by atoms with Gasteiger partial charge in [0.05, 0.1) is 24.3 Å². The van der Waals surface area contributed by atoms with Gasteiger partial charge in [0.2, 0.25) is 11.8 Å². The van der Waals surface area contributed by atoms with Crippen LogP contribution in [0.2, 0.25) is 0 Å². The molecule has 10 heteroatoms. The summed E-state index contributed by atoms with van der Waals surface area (Å²) in [5.41, 5.74) is 2.10. The van der Waals surface area contributed by atoms with E-state index in [1.54, 1.807) is 43.5 Å². The highest BCUT2D eigenvalue weighted by atomic mass is 32.2. The van der Waals surface area contributed by atoms with Crippen LogP contribution in [0.15, 0.2) is 77.7 Å². The highest BCUT2D eigenvalue weighted by molar-refractivity contribution is 7.92. The van der Waals surface area contributed by atoms with Crippen molar-refractivity contribution >= 4 is 27.5 Å². The molecule has 3 aromatic rings. The summed E-state index contributed by atoms with van der Waals surface area (Å²) in [6, 6.07) is 19.7. The lowest BCUT2D eigenvalue weighted by atomic mass is 9.95. The average molecular weight is 636 g/mol. The minimum atomic E-state index is -4.17. The third-order valence-corrected chi connectivity index (χ3v) is 9.96. The monoisotopic (exact) mass is 635 g/mol. The van der Waals surface area contributed by atoms with E-state index in [0.29, 0.717) is 30.2 Å². The number of methoxy groups -OCH3 is 1. The van der Waals surface area contributed by atoms with Crippen LogP contribution in [-0.4, -0.2) is 57.5 Å². The standard InChI is InChI=1S/C35H45N3O6S/c1-5-33(35(40)36-28-10-8-7-9-11-28)37(24-27-14-18-30(43-4)19-15-27)34(39)25-38(29-16-12-26(3)13-17-29)45(41,42)32-22-20-31(21-23-32)44-6-2/h12-23,28,33H,5-11,24-25H2,1-4H3,(H,36,40)/t33-/m0/s1. The number of hydrogen-bond donors (Lipinski definition) is 1. The van der Waals surface area contributed by atoms with Crippen LogP contribution >= 0.6 is 0 Å². The highest BCUT2D eigenvalue weighted by Gasteiger charge is 2.34. The van der Waals surface area contributed by atoms with Crippen molar-refractivity contribution in [2.45, 2.75) is 82.8 Å². The number of aryl methyl sites for hydroxylation is 1. The zero-order chi connectivity index (χ0) is 32.4.